The molecule has 1 saturated heterocycles. The average molecular weight is 433 g/mol. The summed E-state index contributed by atoms with van der Waals surface area (Å²) in [5.41, 5.74) is 1.13. The molecule has 0 amide bonds. The quantitative estimate of drug-likeness (QED) is 0.489. The lowest BCUT2D eigenvalue weighted by atomic mass is 9.84. The summed E-state index contributed by atoms with van der Waals surface area (Å²) >= 11 is 0. The molecule has 0 spiro atoms. The van der Waals surface area contributed by atoms with Crippen LogP contribution in [0.4, 0.5) is 0 Å². The predicted octanol–water partition coefficient (Wildman–Crippen LogP) is 2.57. The molecule has 1 heterocycles. The summed E-state index contributed by atoms with van der Waals surface area (Å²) in [5.74, 6) is -0.911. The molecule has 172 valence electrons. The number of ether oxygens (including phenoxy) is 1. The van der Waals surface area contributed by atoms with Gasteiger partial charge in [0, 0.05) is 12.1 Å². The van der Waals surface area contributed by atoms with Crippen molar-refractivity contribution in [2.45, 2.75) is 89.2 Å². The zero-order chi connectivity index (χ0) is 22.4. The number of aliphatic hydroxyl groups excluding tert-OH is 1. The Morgan fingerprint density at radius 1 is 1.23 bits per heavy atom. The summed E-state index contributed by atoms with van der Waals surface area (Å²) in [6, 6.07) is 8.28. The van der Waals surface area contributed by atoms with Crippen LogP contribution >= 0.6 is 0 Å². The van der Waals surface area contributed by atoms with Crippen LogP contribution in [-0.2, 0) is 20.7 Å². The number of carbonyl (C=O) groups excluding carboxylic acids is 1. The van der Waals surface area contributed by atoms with E-state index in [-0.39, 0.29) is 18.6 Å². The van der Waals surface area contributed by atoms with Crippen LogP contribution in [0.1, 0.15) is 57.9 Å². The third-order valence-corrected chi connectivity index (χ3v) is 6.78. The van der Waals surface area contributed by atoms with Crippen LogP contribution in [0.25, 0.3) is 0 Å². The fraction of sp³-hybridized carbons (Fsp3) is 0.667. The Balaban J connectivity index is 1.69. The molecule has 7 heteroatoms. The topological polar surface area (TPSA) is 99.1 Å². The lowest BCUT2D eigenvalue weighted by Gasteiger charge is -2.39. The summed E-state index contributed by atoms with van der Waals surface area (Å²) in [6.45, 7) is 3.88. The molecule has 31 heavy (non-hydrogen) atoms. The first-order chi connectivity index (χ1) is 14.9. The molecule has 3 rings (SSSR count). The predicted molar refractivity (Wildman–Crippen MR) is 117 cm³/mol. The number of aliphatic carboxylic acids is 1. The van der Waals surface area contributed by atoms with Gasteiger partial charge in [0.05, 0.1) is 6.61 Å². The maximum atomic E-state index is 12.6. The minimum absolute atomic E-state index is 0.0828. The van der Waals surface area contributed by atoms with Gasteiger partial charge in [-0.3, -0.25) is 19.8 Å². The second-order valence-corrected chi connectivity index (χ2v) is 8.85. The molecular formula is C24H36N2O5. The lowest BCUT2D eigenvalue weighted by Crippen LogP contribution is -2.58. The highest BCUT2D eigenvalue weighted by Crippen LogP contribution is 2.41. The van der Waals surface area contributed by atoms with Crippen LogP contribution in [-0.4, -0.2) is 64.1 Å². The van der Waals surface area contributed by atoms with Gasteiger partial charge in [0.15, 0.2) is 0 Å². The Hall–Kier alpha value is -1.96. The van der Waals surface area contributed by atoms with Crippen LogP contribution in [0.15, 0.2) is 30.3 Å². The smallest absolute Gasteiger partial charge is 0.323 e. The summed E-state index contributed by atoms with van der Waals surface area (Å²) in [7, 11) is 0. The first-order valence-corrected chi connectivity index (χ1v) is 11.6. The van der Waals surface area contributed by atoms with E-state index in [0.29, 0.717) is 25.2 Å². The van der Waals surface area contributed by atoms with Crippen LogP contribution in [0.5, 0.6) is 0 Å². The number of hydrogen-bond donors (Lipinski definition) is 3. The lowest BCUT2D eigenvalue weighted by molar-refractivity contribution is -0.151. The second-order valence-electron chi connectivity index (χ2n) is 8.85. The molecule has 0 radical (unpaired) electrons. The molecule has 1 aliphatic heterocycles. The summed E-state index contributed by atoms with van der Waals surface area (Å²) in [5, 5.41) is 24.2. The summed E-state index contributed by atoms with van der Waals surface area (Å²) < 4.78 is 5.25. The molecule has 7 nitrogen and oxygen atoms in total. The van der Waals surface area contributed by atoms with Crippen LogP contribution in [0.3, 0.4) is 0 Å². The largest absolute Gasteiger partial charge is 0.480 e. The van der Waals surface area contributed by atoms with Crippen molar-refractivity contribution in [1.29, 1.82) is 0 Å². The Morgan fingerprint density at radius 3 is 2.61 bits per heavy atom. The number of esters is 1. The van der Waals surface area contributed by atoms with Crippen LogP contribution in [0.2, 0.25) is 0 Å². The number of nitrogens with zero attached hydrogens (tertiary/aromatic N) is 1. The van der Waals surface area contributed by atoms with E-state index in [1.165, 1.54) is 0 Å². The standard InChI is InChI=1S/C24H36N2O5/c1-3-31-24(30)19(14-13-17-9-5-4-6-10-17)25-16(2)22(27)26-20-12-8-7-11-18(20)15-21(26)23(28)29/h4-6,9-10,16,18-22,25,27H,3,7-8,11-15H2,1-2H3,(H,28,29)/t16-,18+,19-,20-,21-,22+/m0/s1. The molecule has 1 aromatic rings. The number of carbonyl (C=O) groups is 2. The number of aryl methyl sites for hydroxylation is 1. The number of carboxylic acids is 1. The zero-order valence-corrected chi connectivity index (χ0v) is 18.6. The molecule has 0 unspecified atom stereocenters. The Labute approximate surface area is 184 Å². The number of benzene rings is 1. The van der Waals surface area contributed by atoms with E-state index in [2.05, 4.69) is 5.32 Å². The van der Waals surface area contributed by atoms with Gasteiger partial charge in [-0.05, 0) is 57.4 Å². The molecule has 0 bridgehead atoms. The Morgan fingerprint density at radius 2 is 1.94 bits per heavy atom. The highest BCUT2D eigenvalue weighted by atomic mass is 16.5. The van der Waals surface area contributed by atoms with E-state index in [4.69, 9.17) is 4.74 Å². The molecule has 1 saturated carbocycles. The minimum atomic E-state index is -0.983. The Bertz CT molecular complexity index is 728. The average Bonchev–Trinajstić information content (AvgIpc) is 3.16. The fourth-order valence-electron chi connectivity index (χ4n) is 5.23. The van der Waals surface area contributed by atoms with Crippen LogP contribution < -0.4 is 5.32 Å². The Kier molecular flexibility index (Phi) is 8.46. The third kappa shape index (κ3) is 5.84. The summed E-state index contributed by atoms with van der Waals surface area (Å²) in [4.78, 5) is 26.3. The van der Waals surface area contributed by atoms with Crippen molar-refractivity contribution in [1.82, 2.24) is 10.2 Å². The highest BCUT2D eigenvalue weighted by molar-refractivity contribution is 5.76. The van der Waals surface area contributed by atoms with E-state index < -0.39 is 30.3 Å². The van der Waals surface area contributed by atoms with Gasteiger partial charge in [0.25, 0.3) is 0 Å². The molecule has 0 aromatic heterocycles. The van der Waals surface area contributed by atoms with E-state index in [1.54, 1.807) is 11.8 Å². The fourth-order valence-corrected chi connectivity index (χ4v) is 5.23. The number of nitrogens with one attached hydrogen (secondary N) is 1. The van der Waals surface area contributed by atoms with Crippen molar-refractivity contribution in [2.75, 3.05) is 6.61 Å². The van der Waals surface area contributed by atoms with Crippen molar-refractivity contribution in [3.05, 3.63) is 35.9 Å². The highest BCUT2D eigenvalue weighted by Gasteiger charge is 2.49. The SMILES string of the molecule is CCOC(=O)[C@H](CCc1ccccc1)N[C@@H](C)[C@@H](O)N1[C@H](C(=O)O)C[C@H]2CCCC[C@@H]21. The van der Waals surface area contributed by atoms with Crippen molar-refractivity contribution in [3.63, 3.8) is 0 Å². The third-order valence-electron chi connectivity index (χ3n) is 6.78. The van der Waals surface area contributed by atoms with Crippen molar-refractivity contribution < 1.29 is 24.5 Å². The number of aliphatic hydroxyl groups is 1. The van der Waals surface area contributed by atoms with E-state index in [0.717, 1.165) is 31.2 Å². The van der Waals surface area contributed by atoms with Gasteiger partial charge >= 0.3 is 11.9 Å². The van der Waals surface area contributed by atoms with Crippen LogP contribution in [0, 0.1) is 5.92 Å². The maximum absolute atomic E-state index is 12.6. The van der Waals surface area contributed by atoms with Gasteiger partial charge in [-0.15, -0.1) is 0 Å². The van der Waals surface area contributed by atoms with Crippen molar-refractivity contribution in [3.8, 4) is 0 Å². The van der Waals surface area contributed by atoms with Gasteiger partial charge in [0.1, 0.15) is 18.3 Å². The second kappa shape index (κ2) is 11.1. The van der Waals surface area contributed by atoms with Gasteiger partial charge in [-0.2, -0.15) is 0 Å². The monoisotopic (exact) mass is 432 g/mol. The number of fused-ring (bicyclic) bond motifs is 1. The number of hydrogen-bond acceptors (Lipinski definition) is 6. The van der Waals surface area contributed by atoms with Gasteiger partial charge in [-0.1, -0.05) is 43.2 Å². The molecule has 3 N–H and O–H groups in total. The summed E-state index contributed by atoms with van der Waals surface area (Å²) in [6.07, 6.45) is 4.94. The first-order valence-electron chi connectivity index (χ1n) is 11.6. The number of carboxylic acid groups (broad SMARTS) is 1. The van der Waals surface area contributed by atoms with Crippen molar-refractivity contribution >= 4 is 11.9 Å². The first kappa shape index (κ1) is 23.7. The van der Waals surface area contributed by atoms with E-state index in [1.807, 2.05) is 37.3 Å². The van der Waals surface area contributed by atoms with E-state index in [9.17, 15) is 19.8 Å². The number of likely N-dealkylation sites (tertiary alicyclic amines) is 1. The molecule has 1 aliphatic carbocycles. The minimum Gasteiger partial charge on any atom is -0.480 e. The zero-order valence-electron chi connectivity index (χ0n) is 18.6. The molecule has 2 aliphatic rings. The molecule has 1 aromatic carbocycles. The molecular weight excluding hydrogens is 396 g/mol. The normalized spacial score (nSPS) is 26.6. The van der Waals surface area contributed by atoms with Crippen molar-refractivity contribution in [2.24, 2.45) is 5.92 Å². The molecule has 2 fully saturated rings. The van der Waals surface area contributed by atoms with Gasteiger partial charge in [-0.25, -0.2) is 0 Å². The number of rotatable bonds is 10. The van der Waals surface area contributed by atoms with E-state index >= 15 is 0 Å². The maximum Gasteiger partial charge on any atom is 0.323 e. The van der Waals surface area contributed by atoms with Gasteiger partial charge < -0.3 is 14.9 Å². The van der Waals surface area contributed by atoms with Gasteiger partial charge in [0.2, 0.25) is 0 Å². The molecule has 6 atom stereocenters.